The van der Waals surface area contributed by atoms with Crippen molar-refractivity contribution >= 4 is 44.1 Å². The third-order valence-electron chi connectivity index (χ3n) is 7.21. The molecule has 41 heavy (non-hydrogen) atoms. The summed E-state index contributed by atoms with van der Waals surface area (Å²) >= 11 is 1.26. The lowest BCUT2D eigenvalue weighted by molar-refractivity contribution is -0.132. The number of aliphatic hydroxyl groups excluding tert-OH is 1. The lowest BCUT2D eigenvalue weighted by atomic mass is 9.94. The van der Waals surface area contributed by atoms with Gasteiger partial charge in [0.25, 0.3) is 5.78 Å². The molecule has 2 aliphatic rings. The van der Waals surface area contributed by atoms with Crippen LogP contribution in [0.1, 0.15) is 36.6 Å². The van der Waals surface area contributed by atoms with Crippen molar-refractivity contribution in [3.63, 3.8) is 0 Å². The number of rotatable bonds is 7. The normalized spacial score (nSPS) is 19.4. The summed E-state index contributed by atoms with van der Waals surface area (Å²) in [5, 5.41) is 11.9. The van der Waals surface area contributed by atoms with E-state index in [9.17, 15) is 14.7 Å². The highest BCUT2D eigenvalue weighted by Gasteiger charge is 2.48. The van der Waals surface area contributed by atoms with Crippen molar-refractivity contribution in [2.45, 2.75) is 32.4 Å². The third kappa shape index (κ3) is 4.54. The molecule has 1 saturated heterocycles. The van der Waals surface area contributed by atoms with E-state index in [1.165, 1.54) is 23.3 Å². The third-order valence-corrected chi connectivity index (χ3v) is 8.22. The van der Waals surface area contributed by atoms with Crippen molar-refractivity contribution < 1.29 is 33.6 Å². The molecule has 1 amide bonds. The molecule has 0 saturated carbocycles. The summed E-state index contributed by atoms with van der Waals surface area (Å²) in [6, 6.07) is 14.9. The Kier molecular flexibility index (Phi) is 6.78. The first kappa shape index (κ1) is 26.6. The maximum Gasteiger partial charge on any atom is 0.301 e. The molecule has 0 radical (unpaired) electrons. The van der Waals surface area contributed by atoms with E-state index in [2.05, 4.69) is 4.98 Å². The van der Waals surface area contributed by atoms with Crippen LogP contribution < -0.4 is 23.8 Å². The van der Waals surface area contributed by atoms with Crippen molar-refractivity contribution in [2.24, 2.45) is 0 Å². The first-order valence-electron chi connectivity index (χ1n) is 13.2. The summed E-state index contributed by atoms with van der Waals surface area (Å²) in [5.74, 6) is 0.498. The van der Waals surface area contributed by atoms with Gasteiger partial charge in [-0.15, -0.1) is 0 Å². The summed E-state index contributed by atoms with van der Waals surface area (Å²) in [5.41, 5.74) is 2.53. The van der Waals surface area contributed by atoms with Crippen LogP contribution in [0.4, 0.5) is 5.13 Å². The minimum absolute atomic E-state index is 0.0157. The summed E-state index contributed by atoms with van der Waals surface area (Å²) < 4.78 is 23.2. The Labute approximate surface area is 240 Å². The number of hydrogen-bond acceptors (Lipinski definition) is 9. The van der Waals surface area contributed by atoms with Crippen LogP contribution >= 0.6 is 11.3 Å². The summed E-state index contributed by atoms with van der Waals surface area (Å²) in [6.45, 7) is 4.27. The van der Waals surface area contributed by atoms with Gasteiger partial charge in [-0.25, -0.2) is 4.98 Å². The Morgan fingerprint density at radius 2 is 1.90 bits per heavy atom. The van der Waals surface area contributed by atoms with E-state index < -0.39 is 17.7 Å². The first-order valence-corrected chi connectivity index (χ1v) is 14.0. The zero-order valence-electron chi connectivity index (χ0n) is 23.0. The lowest BCUT2D eigenvalue weighted by Crippen LogP contribution is -2.29. The van der Waals surface area contributed by atoms with Crippen molar-refractivity contribution in [1.82, 2.24) is 4.98 Å². The van der Waals surface area contributed by atoms with Crippen molar-refractivity contribution in [3.8, 4) is 23.0 Å². The number of amides is 1. The van der Waals surface area contributed by atoms with Crippen LogP contribution in [0.5, 0.6) is 23.0 Å². The molecular weight excluding hydrogens is 544 g/mol. The van der Waals surface area contributed by atoms with Crippen LogP contribution in [0.2, 0.25) is 0 Å². The van der Waals surface area contributed by atoms with Gasteiger partial charge in [-0.2, -0.15) is 0 Å². The van der Waals surface area contributed by atoms with Crippen molar-refractivity contribution in [3.05, 3.63) is 76.9 Å². The molecule has 0 unspecified atom stereocenters. The molecule has 2 aliphatic heterocycles. The van der Waals surface area contributed by atoms with Gasteiger partial charge in [-0.3, -0.25) is 14.5 Å². The summed E-state index contributed by atoms with van der Waals surface area (Å²) in [6.07, 6.45) is 0.696. The Balaban J connectivity index is 1.54. The number of ether oxygens (including phenoxy) is 4. The fourth-order valence-corrected chi connectivity index (χ4v) is 6.34. The van der Waals surface area contributed by atoms with E-state index in [-0.39, 0.29) is 17.4 Å². The zero-order chi connectivity index (χ0) is 28.8. The number of fused-ring (bicyclic) bond motifs is 2. The fourth-order valence-electron chi connectivity index (χ4n) is 5.32. The molecule has 0 spiro atoms. The number of Topliss-reactive ketones (excluding diaryl/α,β-unsaturated/α-hetero) is 1. The second kappa shape index (κ2) is 10.4. The molecule has 0 aliphatic carbocycles. The van der Waals surface area contributed by atoms with Gasteiger partial charge in [0, 0.05) is 12.0 Å². The standard InChI is InChI=1S/C31H28N2O7S/c1-5-39-23-11-6-17(14-24(23)38-4)27-26(28(34)18-7-10-22-19(13-18)12-16(2)40-22)29(35)30(36)33(27)31-32-21-9-8-20(37-3)15-25(21)41-31/h6-11,13-16,27,34H,5,12H2,1-4H3/t16-,27+/m0/s1. The van der Waals surface area contributed by atoms with Gasteiger partial charge >= 0.3 is 5.91 Å². The fraction of sp³-hybridized carbons (Fsp3) is 0.258. The number of hydrogen-bond donors (Lipinski definition) is 1. The number of methoxy groups -OCH3 is 2. The minimum atomic E-state index is -0.967. The van der Waals surface area contributed by atoms with Crippen molar-refractivity contribution in [1.29, 1.82) is 0 Å². The van der Waals surface area contributed by atoms with E-state index in [1.807, 2.05) is 19.9 Å². The van der Waals surface area contributed by atoms with Crippen molar-refractivity contribution in [2.75, 3.05) is 25.7 Å². The van der Waals surface area contributed by atoms with Gasteiger partial charge in [-0.1, -0.05) is 17.4 Å². The highest BCUT2D eigenvalue weighted by Crippen LogP contribution is 2.46. The Bertz CT molecular complexity index is 1730. The van der Waals surface area contributed by atoms with Crippen LogP contribution in [-0.2, 0) is 16.0 Å². The van der Waals surface area contributed by atoms with Gasteiger partial charge in [0.1, 0.15) is 23.4 Å². The average Bonchev–Trinajstić information content (AvgIpc) is 3.64. The van der Waals surface area contributed by atoms with Crippen LogP contribution in [0.3, 0.4) is 0 Å². The minimum Gasteiger partial charge on any atom is -0.507 e. The molecule has 2 atom stereocenters. The number of benzene rings is 3. The molecular formula is C31H28N2O7S. The van der Waals surface area contributed by atoms with E-state index >= 15 is 0 Å². The number of carbonyl (C=O) groups excluding carboxylic acids is 2. The zero-order valence-corrected chi connectivity index (χ0v) is 23.8. The number of carbonyl (C=O) groups is 2. The largest absolute Gasteiger partial charge is 0.507 e. The second-order valence-corrected chi connectivity index (χ2v) is 10.8. The van der Waals surface area contributed by atoms with Crippen LogP contribution in [0.15, 0.2) is 60.2 Å². The Hall–Kier alpha value is -4.57. The molecule has 1 aromatic heterocycles. The van der Waals surface area contributed by atoms with Gasteiger partial charge in [-0.05, 0) is 73.5 Å². The quantitative estimate of drug-likeness (QED) is 0.172. The monoisotopic (exact) mass is 572 g/mol. The molecule has 210 valence electrons. The Morgan fingerprint density at radius 3 is 2.66 bits per heavy atom. The van der Waals surface area contributed by atoms with Crippen LogP contribution in [0.25, 0.3) is 16.0 Å². The maximum absolute atomic E-state index is 13.7. The molecule has 1 fully saturated rings. The average molecular weight is 573 g/mol. The lowest BCUT2D eigenvalue weighted by Gasteiger charge is -2.24. The van der Waals surface area contributed by atoms with Gasteiger partial charge in [0.2, 0.25) is 0 Å². The molecule has 3 aromatic carbocycles. The molecule has 3 heterocycles. The van der Waals surface area contributed by atoms with Gasteiger partial charge < -0.3 is 24.1 Å². The Morgan fingerprint density at radius 1 is 1.07 bits per heavy atom. The highest BCUT2D eigenvalue weighted by molar-refractivity contribution is 7.22. The molecule has 1 N–H and O–H groups in total. The number of aromatic nitrogens is 1. The van der Waals surface area contributed by atoms with E-state index in [1.54, 1.807) is 55.6 Å². The molecule has 6 rings (SSSR count). The predicted molar refractivity (Wildman–Crippen MR) is 155 cm³/mol. The summed E-state index contributed by atoms with van der Waals surface area (Å²) in [4.78, 5) is 33.4. The van der Waals surface area contributed by atoms with E-state index in [0.29, 0.717) is 52.1 Å². The molecule has 9 nitrogen and oxygen atoms in total. The highest BCUT2D eigenvalue weighted by atomic mass is 32.1. The molecule has 10 heteroatoms. The predicted octanol–water partition coefficient (Wildman–Crippen LogP) is 5.66. The second-order valence-electron chi connectivity index (χ2n) is 9.80. The SMILES string of the molecule is CCOc1ccc([C@@H]2C(=C(O)c3ccc4c(c3)C[C@H](C)O4)C(=O)C(=O)N2c2nc3ccc(OC)cc3s2)cc1OC. The number of nitrogens with zero attached hydrogens (tertiary/aromatic N) is 2. The van der Waals surface area contributed by atoms with Crippen LogP contribution in [-0.4, -0.2) is 48.7 Å². The van der Waals surface area contributed by atoms with E-state index in [0.717, 1.165) is 16.0 Å². The number of anilines is 1. The molecule has 0 bridgehead atoms. The maximum atomic E-state index is 13.7. The van der Waals surface area contributed by atoms with Gasteiger partial charge in [0.05, 0.1) is 42.7 Å². The van der Waals surface area contributed by atoms with Gasteiger partial charge in [0.15, 0.2) is 16.6 Å². The summed E-state index contributed by atoms with van der Waals surface area (Å²) in [7, 11) is 3.10. The number of aliphatic hydroxyl groups is 1. The topological polar surface area (TPSA) is 107 Å². The van der Waals surface area contributed by atoms with Crippen LogP contribution in [0, 0.1) is 0 Å². The number of ketones is 1. The number of thiazole rings is 1. The first-order chi connectivity index (χ1) is 19.8. The smallest absolute Gasteiger partial charge is 0.301 e. The molecule has 4 aromatic rings. The van der Waals surface area contributed by atoms with E-state index in [4.69, 9.17) is 18.9 Å².